The van der Waals surface area contributed by atoms with Gasteiger partial charge in [-0.1, -0.05) is 49.6 Å². The van der Waals surface area contributed by atoms with E-state index in [0.29, 0.717) is 5.92 Å². The van der Waals surface area contributed by atoms with Gasteiger partial charge in [0.05, 0.1) is 0 Å². The number of piperidine rings is 1. The second-order valence-electron chi connectivity index (χ2n) is 8.13. The molecule has 1 saturated heterocycles. The minimum Gasteiger partial charge on any atom is -0.342 e. The second-order valence-corrected chi connectivity index (χ2v) is 8.13. The molecular weight excluding hydrogens is 308 g/mol. The highest BCUT2D eigenvalue weighted by molar-refractivity contribution is 5.73. The average Bonchev–Trinajstić information content (AvgIpc) is 2.64. The molecule has 2 fully saturated rings. The van der Waals surface area contributed by atoms with Crippen LogP contribution in [0.1, 0.15) is 57.4 Å². The van der Waals surface area contributed by atoms with Crippen molar-refractivity contribution in [1.29, 1.82) is 0 Å². The molecule has 0 aromatic heterocycles. The van der Waals surface area contributed by atoms with E-state index in [1.54, 1.807) is 6.92 Å². The van der Waals surface area contributed by atoms with E-state index in [9.17, 15) is 4.79 Å². The first-order chi connectivity index (χ1) is 12.2. The van der Waals surface area contributed by atoms with Crippen LogP contribution in [-0.2, 0) is 11.3 Å². The monoisotopic (exact) mass is 342 g/mol. The molecule has 1 aliphatic carbocycles. The summed E-state index contributed by atoms with van der Waals surface area (Å²) in [6.45, 7) is 7.12. The molecule has 138 valence electrons. The van der Waals surface area contributed by atoms with Crippen molar-refractivity contribution in [3.8, 4) is 0 Å². The summed E-state index contributed by atoms with van der Waals surface area (Å²) in [6, 6.07) is 10.8. The molecule has 0 spiro atoms. The van der Waals surface area contributed by atoms with Crippen LogP contribution >= 0.6 is 0 Å². The lowest BCUT2D eigenvalue weighted by Gasteiger charge is -2.36. The van der Waals surface area contributed by atoms with Gasteiger partial charge in [-0.25, -0.2) is 0 Å². The fourth-order valence-electron chi connectivity index (χ4n) is 4.49. The first-order valence-corrected chi connectivity index (χ1v) is 10.2. The molecule has 25 heavy (non-hydrogen) atoms. The van der Waals surface area contributed by atoms with Crippen LogP contribution in [0.3, 0.4) is 0 Å². The number of hydrogen-bond donors (Lipinski definition) is 0. The molecule has 1 saturated carbocycles. The van der Waals surface area contributed by atoms with Crippen LogP contribution in [0.15, 0.2) is 30.3 Å². The van der Waals surface area contributed by atoms with Crippen LogP contribution in [0.25, 0.3) is 0 Å². The molecule has 1 aromatic rings. The molecule has 2 aliphatic rings. The Morgan fingerprint density at radius 3 is 2.16 bits per heavy atom. The molecule has 1 aromatic carbocycles. The zero-order valence-electron chi connectivity index (χ0n) is 15.8. The second kappa shape index (κ2) is 9.38. The quantitative estimate of drug-likeness (QED) is 0.768. The van der Waals surface area contributed by atoms with Gasteiger partial charge in [-0.2, -0.15) is 0 Å². The molecule has 1 heterocycles. The number of hydrogen-bond acceptors (Lipinski definition) is 2. The number of benzene rings is 1. The Bertz CT molecular complexity index is 516. The van der Waals surface area contributed by atoms with Gasteiger partial charge in [0.15, 0.2) is 0 Å². The van der Waals surface area contributed by atoms with Gasteiger partial charge in [-0.15, -0.1) is 0 Å². The maximum Gasteiger partial charge on any atom is 0.219 e. The van der Waals surface area contributed by atoms with Gasteiger partial charge in [0.25, 0.3) is 0 Å². The van der Waals surface area contributed by atoms with Gasteiger partial charge in [0.2, 0.25) is 5.91 Å². The Balaban J connectivity index is 1.43. The van der Waals surface area contributed by atoms with E-state index in [0.717, 1.165) is 38.6 Å². The lowest BCUT2D eigenvalue weighted by molar-refractivity contribution is -0.130. The normalized spacial score (nSPS) is 20.5. The maximum absolute atomic E-state index is 12.1. The summed E-state index contributed by atoms with van der Waals surface area (Å²) in [6.07, 6.45) is 9.18. The Morgan fingerprint density at radius 1 is 0.960 bits per heavy atom. The number of likely N-dealkylation sites (tertiary alicyclic amines) is 1. The molecule has 3 heteroatoms. The van der Waals surface area contributed by atoms with E-state index in [4.69, 9.17) is 0 Å². The molecule has 1 aliphatic heterocycles. The first kappa shape index (κ1) is 18.4. The van der Waals surface area contributed by atoms with Crippen molar-refractivity contribution in [3.05, 3.63) is 35.9 Å². The highest BCUT2D eigenvalue weighted by Crippen LogP contribution is 2.26. The predicted molar refractivity (Wildman–Crippen MR) is 103 cm³/mol. The van der Waals surface area contributed by atoms with Gasteiger partial charge in [-0.3, -0.25) is 9.69 Å². The smallest absolute Gasteiger partial charge is 0.219 e. The Labute approximate surface area is 153 Å². The van der Waals surface area contributed by atoms with Crippen molar-refractivity contribution in [2.75, 3.05) is 26.2 Å². The van der Waals surface area contributed by atoms with Crippen LogP contribution in [0.4, 0.5) is 0 Å². The number of nitrogens with zero attached hydrogens (tertiary/aromatic N) is 2. The lowest BCUT2D eigenvalue weighted by Crippen LogP contribution is -2.42. The summed E-state index contributed by atoms with van der Waals surface area (Å²) >= 11 is 0. The minimum absolute atomic E-state index is 0.275. The maximum atomic E-state index is 12.1. The van der Waals surface area contributed by atoms with E-state index in [1.165, 1.54) is 50.5 Å². The molecule has 1 amide bonds. The third-order valence-corrected chi connectivity index (χ3v) is 6.08. The van der Waals surface area contributed by atoms with Crippen molar-refractivity contribution in [2.45, 2.75) is 58.4 Å². The Kier molecular flexibility index (Phi) is 6.92. The molecule has 0 bridgehead atoms. The van der Waals surface area contributed by atoms with E-state index >= 15 is 0 Å². The molecule has 0 radical (unpaired) electrons. The van der Waals surface area contributed by atoms with Crippen LogP contribution in [0, 0.1) is 11.8 Å². The number of amides is 1. The number of rotatable bonds is 6. The fraction of sp³-hybridized carbons (Fsp3) is 0.682. The first-order valence-electron chi connectivity index (χ1n) is 10.2. The predicted octanol–water partition coefficient (Wildman–Crippen LogP) is 4.33. The third-order valence-electron chi connectivity index (χ3n) is 6.08. The SMILES string of the molecule is CC(=O)N(CC1CCCCC1)CC1CCN(Cc2ccccc2)CC1. The molecule has 0 unspecified atom stereocenters. The van der Waals surface area contributed by atoms with Gasteiger partial charge < -0.3 is 4.90 Å². The van der Waals surface area contributed by atoms with Gasteiger partial charge in [-0.05, 0) is 56.2 Å². The summed E-state index contributed by atoms with van der Waals surface area (Å²) < 4.78 is 0. The van der Waals surface area contributed by atoms with Crippen LogP contribution in [0.5, 0.6) is 0 Å². The number of carbonyl (C=O) groups excluding carboxylic acids is 1. The van der Waals surface area contributed by atoms with Crippen molar-refractivity contribution in [2.24, 2.45) is 11.8 Å². The zero-order chi connectivity index (χ0) is 17.5. The van der Waals surface area contributed by atoms with Crippen molar-refractivity contribution >= 4 is 5.91 Å². The van der Waals surface area contributed by atoms with Crippen LogP contribution < -0.4 is 0 Å². The largest absolute Gasteiger partial charge is 0.342 e. The highest BCUT2D eigenvalue weighted by Gasteiger charge is 2.24. The molecule has 0 N–H and O–H groups in total. The highest BCUT2D eigenvalue weighted by atomic mass is 16.2. The van der Waals surface area contributed by atoms with Gasteiger partial charge >= 0.3 is 0 Å². The summed E-state index contributed by atoms with van der Waals surface area (Å²) in [5.41, 5.74) is 1.41. The van der Waals surface area contributed by atoms with Gasteiger partial charge in [0, 0.05) is 26.6 Å². The zero-order valence-corrected chi connectivity index (χ0v) is 15.8. The molecule has 0 atom stereocenters. The lowest BCUT2D eigenvalue weighted by atomic mass is 9.88. The minimum atomic E-state index is 0.275. The Hall–Kier alpha value is -1.35. The van der Waals surface area contributed by atoms with Crippen molar-refractivity contribution < 1.29 is 4.79 Å². The fourth-order valence-corrected chi connectivity index (χ4v) is 4.49. The summed E-state index contributed by atoms with van der Waals surface area (Å²) in [5.74, 6) is 1.70. The van der Waals surface area contributed by atoms with Crippen molar-refractivity contribution in [3.63, 3.8) is 0 Å². The number of carbonyl (C=O) groups is 1. The van der Waals surface area contributed by atoms with E-state index in [1.807, 2.05) is 0 Å². The van der Waals surface area contributed by atoms with E-state index in [-0.39, 0.29) is 5.91 Å². The molecule has 3 rings (SSSR count). The van der Waals surface area contributed by atoms with Crippen LogP contribution in [0.2, 0.25) is 0 Å². The molecule has 3 nitrogen and oxygen atoms in total. The summed E-state index contributed by atoms with van der Waals surface area (Å²) in [7, 11) is 0. The summed E-state index contributed by atoms with van der Waals surface area (Å²) in [5, 5.41) is 0. The standard InChI is InChI=1S/C22H34N2O/c1-19(25)24(17-21-10-6-3-7-11-21)18-22-12-14-23(15-13-22)16-20-8-4-2-5-9-20/h2,4-5,8-9,21-22H,3,6-7,10-18H2,1H3. The summed E-state index contributed by atoms with van der Waals surface area (Å²) in [4.78, 5) is 16.8. The van der Waals surface area contributed by atoms with E-state index in [2.05, 4.69) is 40.1 Å². The molecular formula is C22H34N2O. The van der Waals surface area contributed by atoms with Crippen LogP contribution in [-0.4, -0.2) is 41.9 Å². The topological polar surface area (TPSA) is 23.6 Å². The third kappa shape index (κ3) is 5.85. The van der Waals surface area contributed by atoms with E-state index < -0.39 is 0 Å². The van der Waals surface area contributed by atoms with Crippen molar-refractivity contribution in [1.82, 2.24) is 9.80 Å². The average molecular weight is 343 g/mol. The Morgan fingerprint density at radius 2 is 1.56 bits per heavy atom. The van der Waals surface area contributed by atoms with Gasteiger partial charge in [0.1, 0.15) is 0 Å².